The van der Waals surface area contributed by atoms with Crippen LogP contribution in [0.5, 0.6) is 11.5 Å². The van der Waals surface area contributed by atoms with Gasteiger partial charge in [0.05, 0.1) is 13.2 Å². The van der Waals surface area contributed by atoms with E-state index < -0.39 is 0 Å². The summed E-state index contributed by atoms with van der Waals surface area (Å²) in [6, 6.07) is 15.0. The second-order valence-electron chi connectivity index (χ2n) is 4.90. The molecule has 0 bridgehead atoms. The summed E-state index contributed by atoms with van der Waals surface area (Å²) in [4.78, 5) is 0. The van der Waals surface area contributed by atoms with Gasteiger partial charge in [-0.15, -0.1) is 0 Å². The van der Waals surface area contributed by atoms with Crippen molar-refractivity contribution in [3.05, 3.63) is 48.5 Å². The number of unbranched alkanes of at least 4 members (excludes halogenated alkanes) is 2. The molecule has 0 radical (unpaired) electrons. The minimum atomic E-state index is 0.700. The van der Waals surface area contributed by atoms with Crippen molar-refractivity contribution in [2.24, 2.45) is 0 Å². The van der Waals surface area contributed by atoms with Gasteiger partial charge in [0.15, 0.2) is 0 Å². The number of nitrogens with two attached hydrogens (primary N) is 2. The second-order valence-corrected chi connectivity index (χ2v) is 4.90. The van der Waals surface area contributed by atoms with Crippen molar-refractivity contribution in [2.75, 3.05) is 24.7 Å². The average molecular weight is 286 g/mol. The predicted molar refractivity (Wildman–Crippen MR) is 86.5 cm³/mol. The number of ether oxygens (including phenoxy) is 2. The number of anilines is 2. The minimum Gasteiger partial charge on any atom is -0.494 e. The van der Waals surface area contributed by atoms with Crippen LogP contribution in [0, 0.1) is 0 Å². The summed E-state index contributed by atoms with van der Waals surface area (Å²) in [6.07, 6.45) is 3.07. The molecule has 0 atom stereocenters. The zero-order chi connectivity index (χ0) is 14.9. The molecule has 0 fully saturated rings. The first-order chi connectivity index (χ1) is 10.2. The van der Waals surface area contributed by atoms with E-state index in [2.05, 4.69) is 0 Å². The fourth-order valence-electron chi connectivity index (χ4n) is 1.93. The fourth-order valence-corrected chi connectivity index (χ4v) is 1.93. The molecule has 0 amide bonds. The lowest BCUT2D eigenvalue weighted by Gasteiger charge is -2.08. The Hall–Kier alpha value is -2.36. The van der Waals surface area contributed by atoms with E-state index in [9.17, 15) is 0 Å². The first-order valence-corrected chi connectivity index (χ1v) is 7.21. The highest BCUT2D eigenvalue weighted by Crippen LogP contribution is 2.15. The Morgan fingerprint density at radius 3 is 2.00 bits per heavy atom. The standard InChI is InChI=1S/C17H22N2O2/c18-14-7-9-16(10-8-14)20-11-2-1-3-12-21-17-6-4-5-15(19)13-17/h4-10,13H,1-3,11-12,18-19H2. The van der Waals surface area contributed by atoms with Gasteiger partial charge in [0.25, 0.3) is 0 Å². The molecule has 2 aromatic rings. The van der Waals surface area contributed by atoms with Crippen molar-refractivity contribution in [2.45, 2.75) is 19.3 Å². The van der Waals surface area contributed by atoms with Crippen molar-refractivity contribution < 1.29 is 9.47 Å². The summed E-state index contributed by atoms with van der Waals surface area (Å²) in [5.74, 6) is 1.69. The van der Waals surface area contributed by atoms with Crippen LogP contribution in [0.4, 0.5) is 11.4 Å². The lowest BCUT2D eigenvalue weighted by molar-refractivity contribution is 0.279. The number of rotatable bonds is 8. The molecule has 0 heterocycles. The van der Waals surface area contributed by atoms with E-state index in [-0.39, 0.29) is 0 Å². The van der Waals surface area contributed by atoms with E-state index in [0.717, 1.165) is 42.1 Å². The molecule has 4 nitrogen and oxygen atoms in total. The molecule has 2 aromatic carbocycles. The van der Waals surface area contributed by atoms with E-state index in [1.54, 1.807) is 0 Å². The molecule has 0 spiro atoms. The Morgan fingerprint density at radius 1 is 0.667 bits per heavy atom. The van der Waals surface area contributed by atoms with Crippen molar-refractivity contribution in [3.63, 3.8) is 0 Å². The van der Waals surface area contributed by atoms with Gasteiger partial charge in [0, 0.05) is 17.4 Å². The molecule has 21 heavy (non-hydrogen) atoms. The van der Waals surface area contributed by atoms with Crippen LogP contribution < -0.4 is 20.9 Å². The van der Waals surface area contributed by atoms with Gasteiger partial charge < -0.3 is 20.9 Å². The van der Waals surface area contributed by atoms with E-state index in [0.29, 0.717) is 13.2 Å². The SMILES string of the molecule is Nc1ccc(OCCCCCOc2cccc(N)c2)cc1. The van der Waals surface area contributed by atoms with Crippen LogP contribution in [0.15, 0.2) is 48.5 Å². The van der Waals surface area contributed by atoms with Gasteiger partial charge in [0.1, 0.15) is 11.5 Å². The van der Waals surface area contributed by atoms with Gasteiger partial charge in [-0.3, -0.25) is 0 Å². The first kappa shape index (κ1) is 15.0. The molecule has 0 aliphatic rings. The Morgan fingerprint density at radius 2 is 1.33 bits per heavy atom. The monoisotopic (exact) mass is 286 g/mol. The Labute approximate surface area is 125 Å². The predicted octanol–water partition coefficient (Wildman–Crippen LogP) is 3.48. The first-order valence-electron chi connectivity index (χ1n) is 7.21. The molecular weight excluding hydrogens is 264 g/mol. The van der Waals surface area contributed by atoms with E-state index in [4.69, 9.17) is 20.9 Å². The van der Waals surface area contributed by atoms with Crippen molar-refractivity contribution in [1.82, 2.24) is 0 Å². The lowest BCUT2D eigenvalue weighted by Crippen LogP contribution is -2.01. The smallest absolute Gasteiger partial charge is 0.121 e. The summed E-state index contributed by atoms with van der Waals surface area (Å²) in [6.45, 7) is 1.41. The highest BCUT2D eigenvalue weighted by Gasteiger charge is 1.96. The maximum absolute atomic E-state index is 5.69. The summed E-state index contributed by atoms with van der Waals surface area (Å²) in [7, 11) is 0. The van der Waals surface area contributed by atoms with Gasteiger partial charge in [-0.05, 0) is 55.7 Å². The summed E-state index contributed by atoms with van der Waals surface area (Å²) in [5.41, 5.74) is 12.8. The van der Waals surface area contributed by atoms with Gasteiger partial charge in [0.2, 0.25) is 0 Å². The van der Waals surface area contributed by atoms with Crippen LogP contribution in [0.2, 0.25) is 0 Å². The fraction of sp³-hybridized carbons (Fsp3) is 0.294. The van der Waals surface area contributed by atoms with Crippen molar-refractivity contribution in [1.29, 1.82) is 0 Å². The number of nitrogen functional groups attached to an aromatic ring is 2. The zero-order valence-electron chi connectivity index (χ0n) is 12.1. The number of hydrogen-bond acceptors (Lipinski definition) is 4. The van der Waals surface area contributed by atoms with Crippen LogP contribution in [0.1, 0.15) is 19.3 Å². The molecule has 0 aromatic heterocycles. The average Bonchev–Trinajstić information content (AvgIpc) is 2.48. The normalized spacial score (nSPS) is 10.3. The van der Waals surface area contributed by atoms with Crippen molar-refractivity contribution >= 4 is 11.4 Å². The quantitative estimate of drug-likeness (QED) is 0.575. The minimum absolute atomic E-state index is 0.700. The maximum Gasteiger partial charge on any atom is 0.121 e. The molecule has 2 rings (SSSR count). The zero-order valence-corrected chi connectivity index (χ0v) is 12.1. The molecule has 0 saturated carbocycles. The lowest BCUT2D eigenvalue weighted by atomic mass is 10.2. The highest BCUT2D eigenvalue weighted by atomic mass is 16.5. The molecule has 0 aliphatic carbocycles. The Balaban J connectivity index is 1.53. The largest absolute Gasteiger partial charge is 0.494 e. The third-order valence-corrected chi connectivity index (χ3v) is 3.06. The molecular formula is C17H22N2O2. The summed E-state index contributed by atoms with van der Waals surface area (Å²) >= 11 is 0. The van der Waals surface area contributed by atoms with Gasteiger partial charge in [-0.1, -0.05) is 6.07 Å². The van der Waals surface area contributed by atoms with E-state index in [1.165, 1.54) is 0 Å². The third-order valence-electron chi connectivity index (χ3n) is 3.06. The van der Waals surface area contributed by atoms with Gasteiger partial charge >= 0.3 is 0 Å². The van der Waals surface area contributed by atoms with E-state index >= 15 is 0 Å². The van der Waals surface area contributed by atoms with Crippen LogP contribution >= 0.6 is 0 Å². The van der Waals surface area contributed by atoms with Crippen LogP contribution in [0.3, 0.4) is 0 Å². The maximum atomic E-state index is 5.69. The molecule has 0 aliphatic heterocycles. The molecule has 4 heteroatoms. The van der Waals surface area contributed by atoms with Crippen LogP contribution in [-0.4, -0.2) is 13.2 Å². The van der Waals surface area contributed by atoms with Crippen LogP contribution in [0.25, 0.3) is 0 Å². The number of hydrogen-bond donors (Lipinski definition) is 2. The summed E-state index contributed by atoms with van der Waals surface area (Å²) < 4.78 is 11.3. The molecule has 0 unspecified atom stereocenters. The van der Waals surface area contributed by atoms with Crippen LogP contribution in [-0.2, 0) is 0 Å². The number of benzene rings is 2. The molecule has 0 saturated heterocycles. The van der Waals surface area contributed by atoms with Crippen molar-refractivity contribution in [3.8, 4) is 11.5 Å². The highest BCUT2D eigenvalue weighted by molar-refractivity contribution is 5.43. The summed E-state index contributed by atoms with van der Waals surface area (Å²) in [5, 5.41) is 0. The topological polar surface area (TPSA) is 70.5 Å². The second kappa shape index (κ2) is 8.04. The Kier molecular flexibility index (Phi) is 5.76. The van der Waals surface area contributed by atoms with E-state index in [1.807, 2.05) is 48.5 Å². The van der Waals surface area contributed by atoms with Gasteiger partial charge in [-0.25, -0.2) is 0 Å². The van der Waals surface area contributed by atoms with Gasteiger partial charge in [-0.2, -0.15) is 0 Å². The molecule has 4 N–H and O–H groups in total. The Bertz CT molecular complexity index is 541. The third kappa shape index (κ3) is 5.65. The molecule has 112 valence electrons.